The average molecular weight is 1300 g/mol. The van der Waals surface area contributed by atoms with Crippen molar-refractivity contribution < 1.29 is 42.1 Å². The third-order valence-electron chi connectivity index (χ3n) is 15.9. The standard InChI is InChI=1S/C82H140NO8P/c1-6-8-10-12-14-16-18-20-22-24-26-28-30-32-34-36-37-38-39-40-41-42-43-44-45-47-48-50-52-54-56-58-60-62-64-66-68-70-72-74-81(84)88-78-80(79-90-92(86,87)89-77-76-83(3,4)5)91-82(85)75-73-71-69-67-65-63-61-59-57-55-53-51-49-46-35-33-31-29-27-25-23-21-19-17-15-13-11-9-7-2/h8-11,14-17,20-23,26-29,33,35,49,51,55,57,61,63,80H,6-7,12-13,18-19,24-25,30-32,34,36-48,50,52-54,56,58-60,62,64-79H2,1-5H3/p+1/b10-8-,11-9-,16-14-,17-15-,22-20-,23-21-,28-26-,29-27-,35-33-,51-49-,57-55-,63-61-. The topological polar surface area (TPSA) is 108 Å². The summed E-state index contributed by atoms with van der Waals surface area (Å²) in [6, 6.07) is 0. The number of phosphoric ester groups is 1. The quantitative estimate of drug-likeness (QED) is 0.0211. The number of phosphoric acid groups is 1. The molecule has 0 spiro atoms. The summed E-state index contributed by atoms with van der Waals surface area (Å²) in [7, 11) is 1.45. The summed E-state index contributed by atoms with van der Waals surface area (Å²) in [6.07, 6.45) is 106. The van der Waals surface area contributed by atoms with Gasteiger partial charge in [-0.1, -0.05) is 327 Å². The van der Waals surface area contributed by atoms with E-state index in [1.54, 1.807) is 0 Å². The highest BCUT2D eigenvalue weighted by Gasteiger charge is 2.27. The summed E-state index contributed by atoms with van der Waals surface area (Å²) in [5, 5.41) is 0. The van der Waals surface area contributed by atoms with Crippen LogP contribution in [0.5, 0.6) is 0 Å². The number of allylic oxidation sites excluding steroid dienone is 24. The van der Waals surface area contributed by atoms with E-state index >= 15 is 0 Å². The van der Waals surface area contributed by atoms with E-state index in [0.717, 1.165) is 122 Å². The lowest BCUT2D eigenvalue weighted by Gasteiger charge is -2.24. The molecule has 2 unspecified atom stereocenters. The van der Waals surface area contributed by atoms with Crippen molar-refractivity contribution in [3.63, 3.8) is 0 Å². The van der Waals surface area contributed by atoms with Crippen LogP contribution in [0.15, 0.2) is 146 Å². The minimum atomic E-state index is -4.41. The molecule has 0 aliphatic rings. The number of rotatable bonds is 68. The van der Waals surface area contributed by atoms with Crippen molar-refractivity contribution in [1.82, 2.24) is 0 Å². The molecule has 0 heterocycles. The number of nitrogens with zero attached hydrogens (tertiary/aromatic N) is 1. The van der Waals surface area contributed by atoms with Crippen molar-refractivity contribution in [1.29, 1.82) is 0 Å². The van der Waals surface area contributed by atoms with Gasteiger partial charge in [-0.3, -0.25) is 18.6 Å². The largest absolute Gasteiger partial charge is 0.472 e. The molecular formula is C82H141NO8P+. The molecule has 0 aromatic rings. The number of quaternary nitrogens is 1. The third-order valence-corrected chi connectivity index (χ3v) is 16.8. The van der Waals surface area contributed by atoms with E-state index in [2.05, 4.69) is 160 Å². The zero-order valence-corrected chi connectivity index (χ0v) is 60.9. The Labute approximate surface area is 567 Å². The van der Waals surface area contributed by atoms with Crippen molar-refractivity contribution >= 4 is 19.8 Å². The lowest BCUT2D eigenvalue weighted by atomic mass is 10.0. The van der Waals surface area contributed by atoms with Crippen molar-refractivity contribution in [3.05, 3.63) is 146 Å². The van der Waals surface area contributed by atoms with Gasteiger partial charge < -0.3 is 18.9 Å². The predicted octanol–water partition coefficient (Wildman–Crippen LogP) is 24.9. The van der Waals surface area contributed by atoms with Crippen LogP contribution in [-0.4, -0.2) is 74.9 Å². The van der Waals surface area contributed by atoms with Crippen LogP contribution in [0.25, 0.3) is 0 Å². The molecule has 0 aromatic carbocycles. The van der Waals surface area contributed by atoms with Gasteiger partial charge >= 0.3 is 19.8 Å². The molecule has 0 bridgehead atoms. The van der Waals surface area contributed by atoms with Crippen LogP contribution in [-0.2, 0) is 32.7 Å². The fraction of sp³-hybridized carbons (Fsp3) is 0.683. The number of carbonyl (C=O) groups excluding carboxylic acids is 2. The normalized spacial score (nSPS) is 13.9. The van der Waals surface area contributed by atoms with Crippen LogP contribution in [0.1, 0.15) is 309 Å². The molecule has 0 radical (unpaired) electrons. The lowest BCUT2D eigenvalue weighted by molar-refractivity contribution is -0.870. The molecule has 0 saturated carbocycles. The Balaban J connectivity index is 4.02. The molecule has 0 rings (SSSR count). The maximum absolute atomic E-state index is 12.9. The second-order valence-corrected chi connectivity index (χ2v) is 27.4. The molecule has 92 heavy (non-hydrogen) atoms. The molecule has 0 aromatic heterocycles. The van der Waals surface area contributed by atoms with Gasteiger partial charge in [-0.25, -0.2) is 4.57 Å². The van der Waals surface area contributed by atoms with E-state index in [1.807, 2.05) is 21.1 Å². The lowest BCUT2D eigenvalue weighted by Crippen LogP contribution is -2.37. The van der Waals surface area contributed by atoms with Gasteiger partial charge in [0.05, 0.1) is 27.7 Å². The highest BCUT2D eigenvalue weighted by molar-refractivity contribution is 7.47. The van der Waals surface area contributed by atoms with E-state index in [0.29, 0.717) is 17.4 Å². The summed E-state index contributed by atoms with van der Waals surface area (Å²) >= 11 is 0. The van der Waals surface area contributed by atoms with Gasteiger partial charge in [0.2, 0.25) is 0 Å². The van der Waals surface area contributed by atoms with E-state index in [4.69, 9.17) is 18.5 Å². The Morgan fingerprint density at radius 3 is 0.870 bits per heavy atom. The van der Waals surface area contributed by atoms with Gasteiger partial charge in [0.15, 0.2) is 6.10 Å². The predicted molar refractivity (Wildman–Crippen MR) is 399 cm³/mol. The molecule has 0 fully saturated rings. The molecule has 2 atom stereocenters. The molecular weight excluding hydrogens is 1160 g/mol. The van der Waals surface area contributed by atoms with Gasteiger partial charge in [-0.2, -0.15) is 0 Å². The van der Waals surface area contributed by atoms with Crippen molar-refractivity contribution in [2.75, 3.05) is 47.5 Å². The Bertz CT molecular complexity index is 2070. The second kappa shape index (κ2) is 71.2. The van der Waals surface area contributed by atoms with Crippen molar-refractivity contribution in [2.45, 2.75) is 315 Å². The fourth-order valence-corrected chi connectivity index (χ4v) is 10.9. The minimum absolute atomic E-state index is 0.0207. The Hall–Kier alpha value is -4.11. The van der Waals surface area contributed by atoms with Gasteiger partial charge in [0.25, 0.3) is 0 Å². The van der Waals surface area contributed by atoms with Crippen LogP contribution in [0.2, 0.25) is 0 Å². The number of hydrogen-bond donors (Lipinski definition) is 1. The number of hydrogen-bond acceptors (Lipinski definition) is 7. The molecule has 0 amide bonds. The van der Waals surface area contributed by atoms with Crippen LogP contribution in [0.4, 0.5) is 0 Å². The molecule has 526 valence electrons. The van der Waals surface area contributed by atoms with E-state index in [9.17, 15) is 19.0 Å². The first-order chi connectivity index (χ1) is 45.0. The average Bonchev–Trinajstić information content (AvgIpc) is 2.14. The van der Waals surface area contributed by atoms with Gasteiger partial charge in [0, 0.05) is 12.8 Å². The number of ether oxygens (including phenoxy) is 2. The zero-order chi connectivity index (χ0) is 66.9. The number of esters is 2. The molecule has 9 nitrogen and oxygen atoms in total. The highest BCUT2D eigenvalue weighted by atomic mass is 31.2. The summed E-state index contributed by atoms with van der Waals surface area (Å²) in [5.74, 6) is -0.824. The van der Waals surface area contributed by atoms with Gasteiger partial charge in [-0.15, -0.1) is 0 Å². The first-order valence-corrected chi connectivity index (χ1v) is 39.1. The monoisotopic (exact) mass is 1300 g/mol. The summed E-state index contributed by atoms with van der Waals surface area (Å²) < 4.78 is 34.7. The minimum Gasteiger partial charge on any atom is -0.462 e. The van der Waals surface area contributed by atoms with Crippen LogP contribution < -0.4 is 0 Å². The molecule has 10 heteroatoms. The van der Waals surface area contributed by atoms with E-state index in [-0.39, 0.29) is 32.0 Å². The fourth-order valence-electron chi connectivity index (χ4n) is 10.2. The number of unbranched alkanes of at least 4 members (excludes halogenated alkanes) is 30. The smallest absolute Gasteiger partial charge is 0.462 e. The SMILES string of the molecule is CC/C=C\C/C=C\C/C=C\C/C=C\C/C=C\C/C=C\C/C=C\C/C=C\CCCCCCC(=O)OC(COC(=O)CCCCCCCCCCCCCCCCCCCCCCCCCCCC/C=C\C/C=C\C/C=C\C/C=C\CC)COP(=O)(O)OCC[N+](C)(C)C. The number of carbonyl (C=O) groups is 2. The third kappa shape index (κ3) is 74.9. The Kier molecular flexibility index (Phi) is 68.0. The van der Waals surface area contributed by atoms with E-state index in [1.165, 1.54) is 154 Å². The van der Waals surface area contributed by atoms with Gasteiger partial charge in [-0.05, 0) is 116 Å². The summed E-state index contributed by atoms with van der Waals surface area (Å²) in [5.41, 5.74) is 0. The van der Waals surface area contributed by atoms with Crippen LogP contribution in [0.3, 0.4) is 0 Å². The highest BCUT2D eigenvalue weighted by Crippen LogP contribution is 2.43. The maximum Gasteiger partial charge on any atom is 0.472 e. The van der Waals surface area contributed by atoms with Crippen molar-refractivity contribution in [2.24, 2.45) is 0 Å². The molecule has 1 N–H and O–H groups in total. The van der Waals surface area contributed by atoms with Crippen LogP contribution in [0, 0.1) is 0 Å². The molecule has 0 aliphatic carbocycles. The number of likely N-dealkylation sites (N-methyl/N-ethyl adjacent to an activating group) is 1. The van der Waals surface area contributed by atoms with Gasteiger partial charge in [0.1, 0.15) is 19.8 Å². The first kappa shape index (κ1) is 87.9. The second-order valence-electron chi connectivity index (χ2n) is 25.9. The molecule has 0 saturated heterocycles. The van der Waals surface area contributed by atoms with Crippen LogP contribution >= 0.6 is 7.82 Å². The van der Waals surface area contributed by atoms with E-state index < -0.39 is 26.5 Å². The Morgan fingerprint density at radius 1 is 0.337 bits per heavy atom. The molecule has 0 aliphatic heterocycles. The first-order valence-electron chi connectivity index (χ1n) is 37.6. The summed E-state index contributed by atoms with van der Waals surface area (Å²) in [6.45, 7) is 4.19. The zero-order valence-electron chi connectivity index (χ0n) is 60.0. The summed E-state index contributed by atoms with van der Waals surface area (Å²) in [4.78, 5) is 35.9. The Morgan fingerprint density at radius 2 is 0.587 bits per heavy atom. The van der Waals surface area contributed by atoms with Crippen molar-refractivity contribution in [3.8, 4) is 0 Å². The maximum atomic E-state index is 12.9.